The van der Waals surface area contributed by atoms with Crippen molar-refractivity contribution in [1.82, 2.24) is 10.1 Å². The molecule has 2 rings (SSSR count). The van der Waals surface area contributed by atoms with Gasteiger partial charge in [0.05, 0.1) is 18.2 Å². The molecule has 2 heterocycles. The molecule has 1 aromatic rings. The van der Waals surface area contributed by atoms with E-state index in [4.69, 9.17) is 9.78 Å². The highest BCUT2D eigenvalue weighted by molar-refractivity contribution is 5.26. The molecule has 0 bridgehead atoms. The van der Waals surface area contributed by atoms with E-state index in [1.54, 1.807) is 0 Å². The van der Waals surface area contributed by atoms with E-state index < -0.39 is 0 Å². The van der Waals surface area contributed by atoms with E-state index >= 15 is 0 Å². The molecule has 0 atom stereocenters. The summed E-state index contributed by atoms with van der Waals surface area (Å²) in [5.41, 5.74) is 2.15. The molecule has 4 nitrogen and oxygen atoms in total. The molecule has 1 aliphatic heterocycles. The smallest absolute Gasteiger partial charge is 0.155 e. The highest BCUT2D eigenvalue weighted by Gasteiger charge is 2.21. The molecule has 1 aromatic heterocycles. The standard InChI is InChI=1S/C9H11N3O/c1-12-5-3-8-7(6-12)9(2-4-10)13-11-8/h2-3,5-6H2,1H3. The van der Waals surface area contributed by atoms with Gasteiger partial charge < -0.3 is 9.42 Å². The molecule has 4 heteroatoms. The molecule has 0 aromatic carbocycles. The van der Waals surface area contributed by atoms with E-state index in [2.05, 4.69) is 23.2 Å². The van der Waals surface area contributed by atoms with E-state index in [9.17, 15) is 0 Å². The summed E-state index contributed by atoms with van der Waals surface area (Å²) < 4.78 is 5.11. The van der Waals surface area contributed by atoms with Crippen LogP contribution in [0.3, 0.4) is 0 Å². The molecule has 1 aliphatic rings. The summed E-state index contributed by atoms with van der Waals surface area (Å²) in [5.74, 6) is 0.740. The first-order valence-electron chi connectivity index (χ1n) is 4.33. The average molecular weight is 177 g/mol. The Labute approximate surface area is 76.7 Å². The van der Waals surface area contributed by atoms with Crippen molar-refractivity contribution < 1.29 is 4.52 Å². The first-order chi connectivity index (χ1) is 6.31. The van der Waals surface area contributed by atoms with Gasteiger partial charge in [0.1, 0.15) is 0 Å². The Bertz CT molecular complexity index is 350. The van der Waals surface area contributed by atoms with Crippen LogP contribution in [0.1, 0.15) is 17.0 Å². The molecule has 0 aliphatic carbocycles. The van der Waals surface area contributed by atoms with E-state index in [0.717, 1.165) is 36.5 Å². The Morgan fingerprint density at radius 2 is 2.54 bits per heavy atom. The summed E-state index contributed by atoms with van der Waals surface area (Å²) in [6.07, 6.45) is 1.26. The molecule has 0 amide bonds. The zero-order valence-corrected chi connectivity index (χ0v) is 7.58. The topological polar surface area (TPSA) is 53.1 Å². The Kier molecular flexibility index (Phi) is 2.03. The summed E-state index contributed by atoms with van der Waals surface area (Å²) in [6.45, 7) is 1.88. The maximum atomic E-state index is 8.55. The van der Waals surface area contributed by atoms with Crippen LogP contribution in [0.4, 0.5) is 0 Å². The summed E-state index contributed by atoms with van der Waals surface area (Å²) in [4.78, 5) is 2.21. The highest BCUT2D eigenvalue weighted by atomic mass is 16.5. The number of nitrogens with zero attached hydrogens (tertiary/aromatic N) is 3. The molecule has 0 unspecified atom stereocenters. The van der Waals surface area contributed by atoms with Crippen LogP contribution in [0.15, 0.2) is 4.52 Å². The van der Waals surface area contributed by atoms with Gasteiger partial charge in [-0.15, -0.1) is 0 Å². The zero-order chi connectivity index (χ0) is 9.26. The Hall–Kier alpha value is -1.34. The van der Waals surface area contributed by atoms with E-state index in [1.165, 1.54) is 0 Å². The SMILES string of the molecule is CN1CCc2noc(CC#N)c2C1. The number of rotatable bonds is 1. The fraction of sp³-hybridized carbons (Fsp3) is 0.556. The van der Waals surface area contributed by atoms with Crippen molar-refractivity contribution in [2.75, 3.05) is 13.6 Å². The van der Waals surface area contributed by atoms with Crippen LogP contribution in [0.5, 0.6) is 0 Å². The number of hydrogen-bond acceptors (Lipinski definition) is 4. The molecule has 0 fully saturated rings. The van der Waals surface area contributed by atoms with Crippen molar-refractivity contribution in [2.45, 2.75) is 19.4 Å². The number of hydrogen-bond donors (Lipinski definition) is 0. The van der Waals surface area contributed by atoms with Gasteiger partial charge in [-0.05, 0) is 7.05 Å². The number of aromatic nitrogens is 1. The second kappa shape index (κ2) is 3.19. The predicted molar refractivity (Wildman–Crippen MR) is 45.9 cm³/mol. The van der Waals surface area contributed by atoms with Gasteiger partial charge in [-0.2, -0.15) is 5.26 Å². The monoisotopic (exact) mass is 177 g/mol. The second-order valence-corrected chi connectivity index (χ2v) is 3.35. The lowest BCUT2D eigenvalue weighted by molar-refractivity contribution is 0.311. The summed E-state index contributed by atoms with van der Waals surface area (Å²) in [7, 11) is 2.06. The molecule has 0 spiro atoms. The molecule has 0 radical (unpaired) electrons. The maximum Gasteiger partial charge on any atom is 0.155 e. The fourth-order valence-electron chi connectivity index (χ4n) is 1.61. The van der Waals surface area contributed by atoms with Gasteiger partial charge in [0, 0.05) is 25.1 Å². The average Bonchev–Trinajstić information content (AvgIpc) is 2.49. The summed E-state index contributed by atoms with van der Waals surface area (Å²) in [5, 5.41) is 12.5. The first-order valence-corrected chi connectivity index (χ1v) is 4.33. The predicted octanol–water partition coefficient (Wildman–Crippen LogP) is 0.729. The Morgan fingerprint density at radius 1 is 1.69 bits per heavy atom. The molecule has 68 valence electrons. The Balaban J connectivity index is 2.31. The van der Waals surface area contributed by atoms with Crippen molar-refractivity contribution in [3.63, 3.8) is 0 Å². The van der Waals surface area contributed by atoms with Crippen LogP contribution >= 0.6 is 0 Å². The molecular formula is C9H11N3O. The second-order valence-electron chi connectivity index (χ2n) is 3.35. The minimum atomic E-state index is 0.330. The van der Waals surface area contributed by atoms with Crippen molar-refractivity contribution >= 4 is 0 Å². The van der Waals surface area contributed by atoms with Crippen LogP contribution in [0.2, 0.25) is 0 Å². The van der Waals surface area contributed by atoms with Gasteiger partial charge in [0.15, 0.2) is 5.76 Å². The van der Waals surface area contributed by atoms with Crippen molar-refractivity contribution in [1.29, 1.82) is 5.26 Å². The van der Waals surface area contributed by atoms with Gasteiger partial charge in [-0.1, -0.05) is 5.16 Å². The third-order valence-electron chi connectivity index (χ3n) is 2.35. The van der Waals surface area contributed by atoms with Gasteiger partial charge in [-0.3, -0.25) is 0 Å². The maximum absolute atomic E-state index is 8.55. The zero-order valence-electron chi connectivity index (χ0n) is 7.58. The highest BCUT2D eigenvalue weighted by Crippen LogP contribution is 2.21. The number of likely N-dealkylation sites (N-methyl/N-ethyl adjacent to an activating group) is 1. The van der Waals surface area contributed by atoms with Gasteiger partial charge in [0.2, 0.25) is 0 Å². The largest absolute Gasteiger partial charge is 0.360 e. The molecule has 0 N–H and O–H groups in total. The normalized spacial score (nSPS) is 16.6. The van der Waals surface area contributed by atoms with Gasteiger partial charge in [-0.25, -0.2) is 0 Å². The van der Waals surface area contributed by atoms with Gasteiger partial charge in [0.25, 0.3) is 0 Å². The van der Waals surface area contributed by atoms with Crippen LogP contribution < -0.4 is 0 Å². The Morgan fingerprint density at radius 3 is 3.31 bits per heavy atom. The molecular weight excluding hydrogens is 166 g/mol. The van der Waals surface area contributed by atoms with Crippen LogP contribution in [0, 0.1) is 11.3 Å². The van der Waals surface area contributed by atoms with Crippen LogP contribution in [-0.2, 0) is 19.4 Å². The van der Waals surface area contributed by atoms with Crippen molar-refractivity contribution in [3.05, 3.63) is 17.0 Å². The molecule has 0 saturated carbocycles. The van der Waals surface area contributed by atoms with E-state index in [1.807, 2.05) is 0 Å². The fourth-order valence-corrected chi connectivity index (χ4v) is 1.61. The molecule has 13 heavy (non-hydrogen) atoms. The number of nitriles is 1. The summed E-state index contributed by atoms with van der Waals surface area (Å²) >= 11 is 0. The summed E-state index contributed by atoms with van der Waals surface area (Å²) in [6, 6.07) is 2.08. The van der Waals surface area contributed by atoms with Gasteiger partial charge >= 0.3 is 0 Å². The van der Waals surface area contributed by atoms with Crippen molar-refractivity contribution in [3.8, 4) is 6.07 Å². The minimum absolute atomic E-state index is 0.330. The van der Waals surface area contributed by atoms with E-state index in [0.29, 0.717) is 6.42 Å². The quantitative estimate of drug-likeness (QED) is 0.634. The third-order valence-corrected chi connectivity index (χ3v) is 2.35. The number of fused-ring (bicyclic) bond motifs is 1. The van der Waals surface area contributed by atoms with Crippen molar-refractivity contribution in [2.24, 2.45) is 0 Å². The van der Waals surface area contributed by atoms with Crippen LogP contribution in [0.25, 0.3) is 0 Å². The molecule has 0 saturated heterocycles. The lowest BCUT2D eigenvalue weighted by atomic mass is 10.1. The first kappa shape index (κ1) is 8.27. The van der Waals surface area contributed by atoms with E-state index in [-0.39, 0.29) is 0 Å². The lowest BCUT2D eigenvalue weighted by Gasteiger charge is -2.20. The third kappa shape index (κ3) is 1.43. The lowest BCUT2D eigenvalue weighted by Crippen LogP contribution is -2.26. The minimum Gasteiger partial charge on any atom is -0.360 e. The van der Waals surface area contributed by atoms with Crippen LogP contribution in [-0.4, -0.2) is 23.6 Å².